The van der Waals surface area contributed by atoms with Gasteiger partial charge in [0.05, 0.1) is 44.7 Å². The van der Waals surface area contributed by atoms with Crippen LogP contribution in [0.15, 0.2) is 42.7 Å². The van der Waals surface area contributed by atoms with Gasteiger partial charge in [-0.05, 0) is 42.7 Å². The van der Waals surface area contributed by atoms with E-state index in [1.165, 1.54) is 12.3 Å². The molecular weight excluding hydrogens is 423 g/mol. The Morgan fingerprint density at radius 1 is 1.13 bits per heavy atom. The second-order valence-electron chi connectivity index (χ2n) is 7.69. The summed E-state index contributed by atoms with van der Waals surface area (Å²) in [5, 5.41) is 0.347. The van der Waals surface area contributed by atoms with Crippen molar-refractivity contribution in [2.24, 2.45) is 5.92 Å². The average molecular weight is 447 g/mol. The molecule has 5 nitrogen and oxygen atoms in total. The van der Waals surface area contributed by atoms with Gasteiger partial charge in [0, 0.05) is 17.0 Å². The normalized spacial score (nSPS) is 22.9. The molecule has 2 aromatic rings. The minimum Gasteiger partial charge on any atom is -0.496 e. The van der Waals surface area contributed by atoms with Gasteiger partial charge >= 0.3 is 0 Å². The van der Waals surface area contributed by atoms with Gasteiger partial charge in [0.25, 0.3) is 0 Å². The third-order valence-electron chi connectivity index (χ3n) is 5.93. The molecule has 0 amide bonds. The summed E-state index contributed by atoms with van der Waals surface area (Å²) < 4.78 is 36.4. The van der Waals surface area contributed by atoms with Crippen LogP contribution < -0.4 is 9.47 Å². The van der Waals surface area contributed by atoms with Crippen molar-refractivity contribution in [3.8, 4) is 11.5 Å². The van der Waals surface area contributed by atoms with E-state index in [0.29, 0.717) is 46.9 Å². The lowest BCUT2D eigenvalue weighted by Gasteiger charge is -2.37. The first-order chi connectivity index (χ1) is 15.0. The molecule has 1 aliphatic heterocycles. The van der Waals surface area contributed by atoms with E-state index in [9.17, 15) is 9.18 Å². The Morgan fingerprint density at radius 3 is 2.68 bits per heavy atom. The molecule has 1 saturated carbocycles. The number of benzene rings is 2. The van der Waals surface area contributed by atoms with Crippen molar-refractivity contribution < 1.29 is 28.1 Å². The number of fused-ring (bicyclic) bond motifs is 1. The number of rotatable bonds is 6. The molecule has 0 radical (unpaired) electrons. The fraction of sp³-hybridized carbons (Fsp3) is 0.375. The molecule has 0 N–H and O–H groups in total. The molecule has 31 heavy (non-hydrogen) atoms. The Hall–Kier alpha value is -2.57. The number of halogens is 2. The van der Waals surface area contributed by atoms with Crippen molar-refractivity contribution in [3.05, 3.63) is 64.6 Å². The van der Waals surface area contributed by atoms with Crippen LogP contribution >= 0.6 is 11.6 Å². The minimum absolute atomic E-state index is 0.0547. The molecule has 1 fully saturated rings. The quantitative estimate of drug-likeness (QED) is 0.611. The first-order valence-electron chi connectivity index (χ1n) is 10.2. The standard InChI is InChI=1S/C24H24ClFO5/c1-28-21-9-6-14(10-23(21)29-2)17-12-31-22-11-15(7-8-16(22)24(17)27)30-13-18-19(25)4-3-5-20(18)26/h3-6,9-10,12,15-16,22H,7-8,11,13H2,1-2H3. The van der Waals surface area contributed by atoms with Gasteiger partial charge in [-0.3, -0.25) is 4.79 Å². The molecule has 2 aliphatic rings. The highest BCUT2D eigenvalue weighted by Crippen LogP contribution is 2.39. The number of hydrogen-bond donors (Lipinski definition) is 0. The number of carbonyl (C=O) groups is 1. The van der Waals surface area contributed by atoms with Gasteiger partial charge < -0.3 is 18.9 Å². The molecule has 0 saturated heterocycles. The zero-order chi connectivity index (χ0) is 22.0. The van der Waals surface area contributed by atoms with Crippen LogP contribution in [-0.4, -0.2) is 32.2 Å². The summed E-state index contributed by atoms with van der Waals surface area (Å²) in [6.07, 6.45) is 3.05. The third-order valence-corrected chi connectivity index (χ3v) is 6.28. The molecule has 7 heteroatoms. The summed E-state index contributed by atoms with van der Waals surface area (Å²) in [5.41, 5.74) is 1.61. The molecule has 3 atom stereocenters. The Labute approximate surface area is 185 Å². The second kappa shape index (κ2) is 9.28. The zero-order valence-electron chi connectivity index (χ0n) is 17.4. The van der Waals surface area contributed by atoms with Gasteiger partial charge in [-0.25, -0.2) is 4.39 Å². The summed E-state index contributed by atoms with van der Waals surface area (Å²) in [7, 11) is 3.12. The number of carbonyl (C=O) groups excluding carboxylic acids is 1. The highest BCUT2D eigenvalue weighted by molar-refractivity contribution is 6.31. The molecule has 0 bridgehead atoms. The molecule has 2 aromatic carbocycles. The van der Waals surface area contributed by atoms with Crippen LogP contribution in [0.1, 0.15) is 30.4 Å². The summed E-state index contributed by atoms with van der Waals surface area (Å²) in [6.45, 7) is 0.0915. The van der Waals surface area contributed by atoms with E-state index < -0.39 is 0 Å². The van der Waals surface area contributed by atoms with Gasteiger partial charge in [0.1, 0.15) is 11.9 Å². The molecular formula is C24H24ClFO5. The third kappa shape index (κ3) is 4.41. The van der Waals surface area contributed by atoms with Gasteiger partial charge in [-0.15, -0.1) is 0 Å². The van der Waals surface area contributed by atoms with E-state index >= 15 is 0 Å². The van der Waals surface area contributed by atoms with E-state index in [-0.39, 0.29) is 36.3 Å². The number of methoxy groups -OCH3 is 2. The number of hydrogen-bond acceptors (Lipinski definition) is 5. The lowest BCUT2D eigenvalue weighted by atomic mass is 9.78. The summed E-state index contributed by atoms with van der Waals surface area (Å²) in [5.74, 6) is 0.595. The van der Waals surface area contributed by atoms with Crippen molar-refractivity contribution in [2.75, 3.05) is 14.2 Å². The predicted molar refractivity (Wildman–Crippen MR) is 115 cm³/mol. The largest absolute Gasteiger partial charge is 0.496 e. The number of Topliss-reactive ketones (excluding diaryl/α,β-unsaturated/α-hetero) is 1. The lowest BCUT2D eigenvalue weighted by molar-refractivity contribution is -0.128. The van der Waals surface area contributed by atoms with Crippen LogP contribution in [-0.2, 0) is 20.9 Å². The van der Waals surface area contributed by atoms with Crippen molar-refractivity contribution in [1.82, 2.24) is 0 Å². The second-order valence-corrected chi connectivity index (χ2v) is 8.10. The van der Waals surface area contributed by atoms with Crippen LogP contribution in [0, 0.1) is 11.7 Å². The van der Waals surface area contributed by atoms with E-state index in [4.69, 9.17) is 30.5 Å². The maximum absolute atomic E-state index is 14.0. The number of allylic oxidation sites excluding steroid dienone is 1. The molecule has 1 aliphatic carbocycles. The smallest absolute Gasteiger partial charge is 0.173 e. The Bertz CT molecular complexity index is 985. The van der Waals surface area contributed by atoms with E-state index in [2.05, 4.69) is 0 Å². The molecule has 164 valence electrons. The van der Waals surface area contributed by atoms with Crippen molar-refractivity contribution in [1.29, 1.82) is 0 Å². The van der Waals surface area contributed by atoms with Crippen molar-refractivity contribution in [2.45, 2.75) is 38.1 Å². The van der Waals surface area contributed by atoms with Gasteiger partial charge in [0.15, 0.2) is 17.3 Å². The Morgan fingerprint density at radius 2 is 1.94 bits per heavy atom. The Kier molecular flexibility index (Phi) is 6.49. The average Bonchev–Trinajstić information content (AvgIpc) is 2.78. The fourth-order valence-electron chi connectivity index (χ4n) is 4.19. The van der Waals surface area contributed by atoms with Crippen LogP contribution in [0.5, 0.6) is 11.5 Å². The minimum atomic E-state index is -0.382. The molecule has 1 heterocycles. The topological polar surface area (TPSA) is 54.0 Å². The van der Waals surface area contributed by atoms with Gasteiger partial charge in [-0.2, -0.15) is 0 Å². The highest BCUT2D eigenvalue weighted by Gasteiger charge is 2.40. The Balaban J connectivity index is 1.44. The van der Waals surface area contributed by atoms with E-state index in [1.807, 2.05) is 6.07 Å². The lowest BCUT2D eigenvalue weighted by Crippen LogP contribution is -2.41. The van der Waals surface area contributed by atoms with E-state index in [0.717, 1.165) is 5.56 Å². The van der Waals surface area contributed by atoms with Gasteiger partial charge in [-0.1, -0.05) is 23.7 Å². The summed E-state index contributed by atoms with van der Waals surface area (Å²) in [4.78, 5) is 13.2. The first-order valence-corrected chi connectivity index (χ1v) is 10.6. The van der Waals surface area contributed by atoms with Crippen LogP contribution in [0.2, 0.25) is 5.02 Å². The van der Waals surface area contributed by atoms with E-state index in [1.54, 1.807) is 38.5 Å². The first kappa shape index (κ1) is 21.7. The maximum atomic E-state index is 14.0. The van der Waals surface area contributed by atoms with Crippen LogP contribution in [0.3, 0.4) is 0 Å². The maximum Gasteiger partial charge on any atom is 0.173 e. The molecule has 0 aromatic heterocycles. The van der Waals surface area contributed by atoms with Crippen LogP contribution in [0.25, 0.3) is 5.57 Å². The number of ketones is 1. The van der Waals surface area contributed by atoms with Crippen molar-refractivity contribution in [3.63, 3.8) is 0 Å². The van der Waals surface area contributed by atoms with Gasteiger partial charge in [0.2, 0.25) is 0 Å². The monoisotopic (exact) mass is 446 g/mol. The highest BCUT2D eigenvalue weighted by atomic mass is 35.5. The SMILES string of the molecule is COc1ccc(C2=COC3CC(OCc4c(F)cccc4Cl)CCC3C2=O)cc1OC. The predicted octanol–water partition coefficient (Wildman–Crippen LogP) is 5.19. The summed E-state index contributed by atoms with van der Waals surface area (Å²) >= 11 is 6.08. The fourth-order valence-corrected chi connectivity index (χ4v) is 4.41. The number of ether oxygens (including phenoxy) is 4. The summed E-state index contributed by atoms with van der Waals surface area (Å²) in [6, 6.07) is 9.94. The molecule has 3 unspecified atom stereocenters. The van der Waals surface area contributed by atoms with Crippen LogP contribution in [0.4, 0.5) is 4.39 Å². The zero-order valence-corrected chi connectivity index (χ0v) is 18.2. The molecule has 4 rings (SSSR count). The molecule has 0 spiro atoms. The van der Waals surface area contributed by atoms with Crippen molar-refractivity contribution >= 4 is 23.0 Å².